The molecule has 0 aliphatic carbocycles. The van der Waals surface area contributed by atoms with Crippen LogP contribution >= 0.6 is 0 Å². The second-order valence-corrected chi connectivity index (χ2v) is 7.43. The van der Waals surface area contributed by atoms with Crippen LogP contribution in [0, 0.1) is 0 Å². The summed E-state index contributed by atoms with van der Waals surface area (Å²) in [7, 11) is 3.49. The predicted octanol–water partition coefficient (Wildman–Crippen LogP) is 1.81. The van der Waals surface area contributed by atoms with E-state index in [0.29, 0.717) is 35.7 Å². The second kappa shape index (κ2) is 9.11. The van der Waals surface area contributed by atoms with E-state index in [1.54, 1.807) is 36.3 Å². The van der Waals surface area contributed by atoms with E-state index in [0.717, 1.165) is 24.5 Å². The lowest BCUT2D eigenvalue weighted by atomic mass is 10.0. The second-order valence-electron chi connectivity index (χ2n) is 7.43. The summed E-state index contributed by atoms with van der Waals surface area (Å²) in [6, 6.07) is 14.8. The lowest BCUT2D eigenvalue weighted by Crippen LogP contribution is -2.39. The number of nitrogens with one attached hydrogen (secondary N) is 2. The van der Waals surface area contributed by atoms with Crippen LogP contribution in [0.3, 0.4) is 0 Å². The van der Waals surface area contributed by atoms with Crippen LogP contribution in [0.25, 0.3) is 5.69 Å². The highest BCUT2D eigenvalue weighted by Crippen LogP contribution is 2.29. The Morgan fingerprint density at radius 3 is 2.41 bits per heavy atom. The van der Waals surface area contributed by atoms with Gasteiger partial charge in [0.15, 0.2) is 5.69 Å². The zero-order valence-corrected chi connectivity index (χ0v) is 18.1. The molecule has 32 heavy (non-hydrogen) atoms. The van der Waals surface area contributed by atoms with Gasteiger partial charge in [-0.2, -0.15) is 5.10 Å². The maximum absolute atomic E-state index is 13.5. The molecule has 2 amide bonds. The Morgan fingerprint density at radius 2 is 1.78 bits per heavy atom. The molecular weight excluding hydrogens is 408 g/mol. The number of rotatable bonds is 8. The first kappa shape index (κ1) is 21.4. The fraction of sp³-hybridized carbons (Fsp3) is 0.261. The topological polar surface area (TPSA) is 115 Å². The van der Waals surface area contributed by atoms with Crippen molar-refractivity contribution in [2.45, 2.75) is 6.42 Å². The van der Waals surface area contributed by atoms with Crippen LogP contribution in [0.4, 0.5) is 11.4 Å². The number of methoxy groups -OCH3 is 1. The van der Waals surface area contributed by atoms with Gasteiger partial charge in [-0.25, -0.2) is 4.68 Å². The molecule has 9 heteroatoms. The summed E-state index contributed by atoms with van der Waals surface area (Å²) in [6.07, 6.45) is 0.484. The third kappa shape index (κ3) is 4.02. The minimum atomic E-state index is -0.647. The lowest BCUT2D eigenvalue weighted by molar-refractivity contribution is 0.0972. The van der Waals surface area contributed by atoms with Crippen molar-refractivity contribution in [1.82, 2.24) is 15.1 Å². The summed E-state index contributed by atoms with van der Waals surface area (Å²) in [4.78, 5) is 27.2. The molecule has 0 fully saturated rings. The summed E-state index contributed by atoms with van der Waals surface area (Å²) >= 11 is 0. The molecular formula is C23H26N6O3. The lowest BCUT2D eigenvalue weighted by Gasteiger charge is -2.28. The Labute approximate surface area is 186 Å². The molecule has 0 saturated carbocycles. The number of carbonyl (C=O) groups excluding carboxylic acids is 2. The molecule has 0 spiro atoms. The Hall–Kier alpha value is -3.85. The van der Waals surface area contributed by atoms with Gasteiger partial charge in [-0.3, -0.25) is 9.59 Å². The van der Waals surface area contributed by atoms with Gasteiger partial charge in [0.2, 0.25) is 0 Å². The molecule has 0 saturated heterocycles. The number of carbonyl (C=O) groups is 2. The van der Waals surface area contributed by atoms with E-state index in [9.17, 15) is 9.59 Å². The minimum absolute atomic E-state index is 0.132. The first-order valence-electron chi connectivity index (χ1n) is 10.4. The molecule has 1 aromatic heterocycles. The number of likely N-dealkylation sites (N-methyl/N-ethyl adjacent to an activating group) is 1. The number of amides is 2. The van der Waals surface area contributed by atoms with Gasteiger partial charge in [-0.15, -0.1) is 0 Å². The van der Waals surface area contributed by atoms with Crippen molar-refractivity contribution in [1.29, 1.82) is 0 Å². The molecule has 0 radical (unpaired) electrons. The van der Waals surface area contributed by atoms with Crippen LogP contribution in [0.5, 0.6) is 5.75 Å². The van der Waals surface area contributed by atoms with Crippen molar-refractivity contribution in [2.24, 2.45) is 5.73 Å². The van der Waals surface area contributed by atoms with Gasteiger partial charge in [0.25, 0.3) is 11.8 Å². The van der Waals surface area contributed by atoms with E-state index in [4.69, 9.17) is 10.5 Å². The summed E-state index contributed by atoms with van der Waals surface area (Å²) in [6.45, 7) is 2.10. The van der Waals surface area contributed by atoms with Crippen molar-refractivity contribution in [2.75, 3.05) is 44.0 Å². The number of hydrogen-bond donors (Lipinski definition) is 3. The van der Waals surface area contributed by atoms with Crippen molar-refractivity contribution < 1.29 is 14.3 Å². The molecule has 9 nitrogen and oxygen atoms in total. The molecule has 3 aromatic rings. The van der Waals surface area contributed by atoms with Crippen LogP contribution in [0.2, 0.25) is 0 Å². The quantitative estimate of drug-likeness (QED) is 0.466. The molecule has 1 aliphatic rings. The third-order valence-corrected chi connectivity index (χ3v) is 5.45. The van der Waals surface area contributed by atoms with Crippen LogP contribution in [0.15, 0.2) is 48.5 Å². The number of ether oxygens (including phenoxy) is 1. The summed E-state index contributed by atoms with van der Waals surface area (Å²) in [5.74, 6) is -0.189. The van der Waals surface area contributed by atoms with Gasteiger partial charge in [-0.1, -0.05) is 0 Å². The van der Waals surface area contributed by atoms with Gasteiger partial charge in [0, 0.05) is 36.6 Å². The maximum atomic E-state index is 13.5. The number of benzene rings is 2. The maximum Gasteiger partial charge on any atom is 0.277 e. The number of anilines is 2. The highest BCUT2D eigenvalue weighted by Gasteiger charge is 2.34. The zero-order chi connectivity index (χ0) is 22.7. The van der Waals surface area contributed by atoms with Crippen molar-refractivity contribution >= 4 is 23.2 Å². The average Bonchev–Trinajstić information content (AvgIpc) is 3.21. The van der Waals surface area contributed by atoms with Gasteiger partial charge in [0.05, 0.1) is 12.8 Å². The van der Waals surface area contributed by atoms with E-state index in [1.165, 1.54) is 4.68 Å². The van der Waals surface area contributed by atoms with E-state index in [-0.39, 0.29) is 11.6 Å². The smallest absolute Gasteiger partial charge is 0.277 e. The molecule has 0 atom stereocenters. The largest absolute Gasteiger partial charge is 0.497 e. The van der Waals surface area contributed by atoms with Crippen molar-refractivity contribution in [3.05, 3.63) is 65.5 Å². The highest BCUT2D eigenvalue weighted by atomic mass is 16.5. The monoisotopic (exact) mass is 434 g/mol. The summed E-state index contributed by atoms with van der Waals surface area (Å²) < 4.78 is 6.71. The molecule has 4 N–H and O–H groups in total. The van der Waals surface area contributed by atoms with Crippen LogP contribution < -0.4 is 26.0 Å². The van der Waals surface area contributed by atoms with Gasteiger partial charge < -0.3 is 26.0 Å². The minimum Gasteiger partial charge on any atom is -0.497 e. The number of fused-ring (bicyclic) bond motifs is 1. The van der Waals surface area contributed by atoms with E-state index in [2.05, 4.69) is 15.7 Å². The van der Waals surface area contributed by atoms with E-state index >= 15 is 0 Å². The summed E-state index contributed by atoms with van der Waals surface area (Å²) in [5.41, 5.74) is 9.04. The number of aromatic nitrogens is 2. The highest BCUT2D eigenvalue weighted by molar-refractivity contribution is 6.09. The molecule has 0 bridgehead atoms. The van der Waals surface area contributed by atoms with E-state index in [1.807, 2.05) is 31.3 Å². The Kier molecular flexibility index (Phi) is 6.09. The average molecular weight is 435 g/mol. The molecule has 0 unspecified atom stereocenters. The summed E-state index contributed by atoms with van der Waals surface area (Å²) in [5, 5.41) is 10.8. The molecule has 2 heterocycles. The van der Waals surface area contributed by atoms with Gasteiger partial charge in [-0.05, 0) is 62.0 Å². The van der Waals surface area contributed by atoms with Crippen LogP contribution in [0.1, 0.15) is 26.5 Å². The van der Waals surface area contributed by atoms with Crippen LogP contribution in [-0.2, 0) is 6.42 Å². The van der Waals surface area contributed by atoms with Crippen molar-refractivity contribution in [3.63, 3.8) is 0 Å². The first-order valence-corrected chi connectivity index (χ1v) is 10.4. The first-order chi connectivity index (χ1) is 15.5. The van der Waals surface area contributed by atoms with Crippen molar-refractivity contribution in [3.8, 4) is 11.4 Å². The molecule has 2 aromatic carbocycles. The normalized spacial score (nSPS) is 13.1. The predicted molar refractivity (Wildman–Crippen MR) is 123 cm³/mol. The standard InChI is InChI=1S/C23H26N6O3/c1-25-12-13-26-15-3-5-16(6-4-15)28-14-11-19-20(22(24)30)27-29(21(19)23(28)31)17-7-9-18(32-2)10-8-17/h3-10,25-26H,11-14H2,1-2H3,(H2,24,30). The fourth-order valence-corrected chi connectivity index (χ4v) is 3.81. The molecule has 1 aliphatic heterocycles. The number of primary amides is 1. The number of nitrogens with two attached hydrogens (primary N) is 1. The zero-order valence-electron chi connectivity index (χ0n) is 18.1. The fourth-order valence-electron chi connectivity index (χ4n) is 3.81. The Bertz CT molecular complexity index is 1120. The Morgan fingerprint density at radius 1 is 1.09 bits per heavy atom. The molecule has 4 rings (SSSR count). The van der Waals surface area contributed by atoms with Gasteiger partial charge >= 0.3 is 0 Å². The number of nitrogens with zero attached hydrogens (tertiary/aromatic N) is 3. The SMILES string of the molecule is CNCCNc1ccc(N2CCc3c(C(N)=O)nn(-c4ccc(OC)cc4)c3C2=O)cc1. The van der Waals surface area contributed by atoms with Crippen LogP contribution in [-0.4, -0.2) is 55.4 Å². The molecule has 166 valence electrons. The number of hydrogen-bond acceptors (Lipinski definition) is 6. The Balaban J connectivity index is 1.67. The van der Waals surface area contributed by atoms with Gasteiger partial charge in [0.1, 0.15) is 11.4 Å². The van der Waals surface area contributed by atoms with E-state index < -0.39 is 5.91 Å². The third-order valence-electron chi connectivity index (χ3n) is 5.45.